The summed E-state index contributed by atoms with van der Waals surface area (Å²) in [5.74, 6) is -6.18. The molecule has 0 rings (SSSR count). The maximum absolute atomic E-state index is 10.2. The van der Waals surface area contributed by atoms with Crippen LogP contribution in [0, 0.1) is 0 Å². The largest absolute Gasteiger partial charge is 2.00 e. The smallest absolute Gasteiger partial charge is 0.759 e. The summed E-state index contributed by atoms with van der Waals surface area (Å²) in [7, 11) is -10.3. The van der Waals surface area contributed by atoms with Gasteiger partial charge in [0.15, 0.2) is 0 Å². The summed E-state index contributed by atoms with van der Waals surface area (Å²) in [4.78, 5) is 39.3. The van der Waals surface area contributed by atoms with Crippen LogP contribution in [0.4, 0.5) is 0 Å². The summed E-state index contributed by atoms with van der Waals surface area (Å²) < 4.78 is 68.2. The Morgan fingerprint density at radius 2 is 0.935 bits per heavy atom. The molecular weight excluding hydrogens is 548 g/mol. The Kier molecular flexibility index (Phi) is 41.5. The van der Waals surface area contributed by atoms with E-state index >= 15 is 0 Å². The predicted octanol–water partition coefficient (Wildman–Crippen LogP) is -8.39. The van der Waals surface area contributed by atoms with Gasteiger partial charge in [0, 0.05) is 27.7 Å². The standard InChI is InChI=1S/C6H8O7.C2H4O2.Mg.Mn.H3N.Na.2H2O4S/c7-3(8)1-6(13,5(11)12)2-4(9)10;1-2(3)4;;;;;2*1-5(2,3)4/h13H,1-2H2,(H,7,8)(H,9,10)(H,11,12);1H3,(H,3,4);;;1H3;;2*(H2,1,2,3,4)/q;;2*+2;;+1;;/p-5. The molecule has 31 heavy (non-hydrogen) atoms. The van der Waals surface area contributed by atoms with Crippen molar-refractivity contribution in [1.29, 1.82) is 0 Å². The van der Waals surface area contributed by atoms with Crippen LogP contribution in [0.3, 0.4) is 0 Å². The first-order valence-electron chi connectivity index (χ1n) is 5.41. The van der Waals surface area contributed by atoms with Gasteiger partial charge in [-0.15, -0.1) is 0 Å². The summed E-state index contributed by atoms with van der Waals surface area (Å²) >= 11 is 0. The van der Waals surface area contributed by atoms with Gasteiger partial charge in [-0.2, -0.15) is 0 Å². The molecule has 23 heteroatoms. The van der Waals surface area contributed by atoms with Crippen LogP contribution in [0.2, 0.25) is 0 Å². The van der Waals surface area contributed by atoms with E-state index in [1.807, 2.05) is 0 Å². The maximum atomic E-state index is 10.2. The van der Waals surface area contributed by atoms with Crippen LogP contribution in [0.25, 0.3) is 0 Å². The SMILES string of the molecule is CC(=O)O.N.O=C(O)CC(O)(CC(=O)O)C(=O)[O-].O=S(=O)([O-])[O-].O=S(=O)([O-])[O-].[Mg+2].[Mn+2].[Na+]. The summed E-state index contributed by atoms with van der Waals surface area (Å²) in [5, 5.41) is 43.0. The second-order valence-electron chi connectivity index (χ2n) is 3.80. The molecule has 0 spiro atoms. The number of carboxylic acid groups (broad SMARTS) is 4. The van der Waals surface area contributed by atoms with Crippen molar-refractivity contribution in [3.8, 4) is 0 Å². The van der Waals surface area contributed by atoms with Crippen LogP contribution in [0.5, 0.6) is 0 Å². The Balaban J connectivity index is -0.0000000416. The van der Waals surface area contributed by atoms with Gasteiger partial charge in [0.25, 0.3) is 5.97 Å². The maximum Gasteiger partial charge on any atom is 2.00 e. The van der Waals surface area contributed by atoms with Crippen LogP contribution in [0.15, 0.2) is 0 Å². The number of hydrogen-bond acceptors (Lipinski definition) is 15. The Hall–Kier alpha value is -0.174. The predicted molar refractivity (Wildman–Crippen MR) is 79.5 cm³/mol. The van der Waals surface area contributed by atoms with Crippen molar-refractivity contribution in [2.24, 2.45) is 0 Å². The quantitative estimate of drug-likeness (QED) is 0.118. The third kappa shape index (κ3) is 92.2. The zero-order valence-electron chi connectivity index (χ0n) is 15.6. The molecule has 175 valence electrons. The minimum absolute atomic E-state index is 0. The number of aliphatic carboxylic acids is 4. The average molecular weight is 563 g/mol. The number of rotatable bonds is 5. The molecule has 0 aromatic carbocycles. The summed E-state index contributed by atoms with van der Waals surface area (Å²) in [6.07, 6.45) is -2.41. The third-order valence-electron chi connectivity index (χ3n) is 1.27. The molecule has 0 aliphatic carbocycles. The zero-order valence-corrected chi connectivity index (χ0v) is 21.8. The van der Waals surface area contributed by atoms with Crippen molar-refractivity contribution in [3.63, 3.8) is 0 Å². The van der Waals surface area contributed by atoms with Crippen LogP contribution in [0.1, 0.15) is 19.8 Å². The van der Waals surface area contributed by atoms with Gasteiger partial charge in [0.05, 0.1) is 18.8 Å². The minimum Gasteiger partial charge on any atom is -0.759 e. The van der Waals surface area contributed by atoms with E-state index in [2.05, 4.69) is 0 Å². The number of aliphatic hydroxyl groups is 1. The van der Waals surface area contributed by atoms with Gasteiger partial charge in [-0.3, -0.25) is 31.2 Å². The van der Waals surface area contributed by atoms with E-state index in [0.717, 1.165) is 6.92 Å². The first-order valence-corrected chi connectivity index (χ1v) is 8.08. The fourth-order valence-electron chi connectivity index (χ4n) is 0.707. The van der Waals surface area contributed by atoms with Crippen molar-refractivity contribution in [3.05, 3.63) is 0 Å². The molecule has 0 aromatic heterocycles. The van der Waals surface area contributed by atoms with Crippen molar-refractivity contribution in [1.82, 2.24) is 6.15 Å². The van der Waals surface area contributed by atoms with Crippen LogP contribution in [-0.2, 0) is 57.0 Å². The fraction of sp³-hybridized carbons (Fsp3) is 0.500. The molecule has 0 aliphatic rings. The average Bonchev–Trinajstić information content (AvgIpc) is 2.19. The summed E-state index contributed by atoms with van der Waals surface area (Å²) in [6, 6.07) is 0. The minimum atomic E-state index is -5.17. The molecule has 18 nitrogen and oxygen atoms in total. The van der Waals surface area contributed by atoms with E-state index in [1.165, 1.54) is 0 Å². The van der Waals surface area contributed by atoms with E-state index in [4.69, 9.17) is 60.3 Å². The second-order valence-corrected chi connectivity index (χ2v) is 5.43. The normalized spacial score (nSPS) is 9.10. The van der Waals surface area contributed by atoms with E-state index in [0.29, 0.717) is 0 Å². The molecular formula is C8H14MgMnNNaO17S2. The number of hydrogen-bond donors (Lipinski definition) is 5. The molecule has 1 radical (unpaired) electrons. The molecule has 0 unspecified atom stereocenters. The van der Waals surface area contributed by atoms with Crippen molar-refractivity contribution in [2.45, 2.75) is 25.4 Å². The van der Waals surface area contributed by atoms with E-state index in [1.54, 1.807) is 0 Å². The molecule has 0 bridgehead atoms. The summed E-state index contributed by atoms with van der Waals surface area (Å²) in [6.45, 7) is 1.08. The molecule has 0 saturated carbocycles. The van der Waals surface area contributed by atoms with Gasteiger partial charge in [-0.25, -0.2) is 0 Å². The van der Waals surface area contributed by atoms with Crippen LogP contribution in [-0.4, -0.2) is 108 Å². The topological polar surface area (TPSA) is 368 Å². The number of carbonyl (C=O) groups is 4. The Morgan fingerprint density at radius 1 is 0.806 bits per heavy atom. The number of carboxylic acids is 4. The molecule has 0 aromatic rings. The van der Waals surface area contributed by atoms with E-state index in [-0.39, 0.29) is 75.8 Å². The molecule has 0 heterocycles. The second kappa shape index (κ2) is 24.5. The van der Waals surface area contributed by atoms with Crippen molar-refractivity contribution in [2.75, 3.05) is 0 Å². The molecule has 0 saturated heterocycles. The van der Waals surface area contributed by atoms with Crippen molar-refractivity contribution < 1.29 is 126 Å². The Labute approximate surface area is 224 Å². The molecule has 0 atom stereocenters. The van der Waals surface area contributed by atoms with Crippen LogP contribution < -0.4 is 40.8 Å². The van der Waals surface area contributed by atoms with E-state index < -0.39 is 63.1 Å². The Bertz CT molecular complexity index is 660. The van der Waals surface area contributed by atoms with Gasteiger partial charge in [-0.05, 0) is 0 Å². The van der Waals surface area contributed by atoms with Crippen LogP contribution >= 0.6 is 0 Å². The van der Waals surface area contributed by atoms with Crippen molar-refractivity contribution >= 4 is 67.7 Å². The zero-order chi connectivity index (χ0) is 23.2. The van der Waals surface area contributed by atoms with Gasteiger partial charge >= 0.3 is 81.6 Å². The first kappa shape index (κ1) is 52.6. The fourth-order valence-corrected chi connectivity index (χ4v) is 0.707. The molecule has 0 aliphatic heterocycles. The van der Waals surface area contributed by atoms with Gasteiger partial charge in [0.1, 0.15) is 5.60 Å². The Morgan fingerprint density at radius 3 is 1.00 bits per heavy atom. The first-order chi connectivity index (χ1) is 11.5. The van der Waals surface area contributed by atoms with E-state index in [9.17, 15) is 19.5 Å². The monoisotopic (exact) mass is 562 g/mol. The molecule has 0 fully saturated rings. The third-order valence-corrected chi connectivity index (χ3v) is 1.27. The number of carbonyl (C=O) groups excluding carboxylic acids is 1. The molecule has 0 amide bonds. The van der Waals surface area contributed by atoms with Gasteiger partial charge in [-0.1, -0.05) is 0 Å². The molecule has 7 N–H and O–H groups in total. The summed E-state index contributed by atoms with van der Waals surface area (Å²) in [5.41, 5.74) is -2.85. The van der Waals surface area contributed by atoms with Gasteiger partial charge in [0.2, 0.25) is 0 Å². The van der Waals surface area contributed by atoms with Gasteiger partial charge < -0.3 is 54.7 Å².